The zero-order valence-electron chi connectivity index (χ0n) is 11.2. The molecular formula is C14H20N2O3. The minimum Gasteiger partial charge on any atom is -0.396 e. The Kier molecular flexibility index (Phi) is 4.37. The molecule has 1 aliphatic rings. The number of carbonyl (C=O) groups excluding carboxylic acids is 1. The lowest BCUT2D eigenvalue weighted by Gasteiger charge is -2.20. The van der Waals surface area contributed by atoms with Crippen LogP contribution in [0.25, 0.3) is 0 Å². The van der Waals surface area contributed by atoms with Gasteiger partial charge in [0.05, 0.1) is 0 Å². The molecule has 1 amide bonds. The molecule has 5 nitrogen and oxygen atoms in total. The first-order valence-corrected chi connectivity index (χ1v) is 6.72. The van der Waals surface area contributed by atoms with Crippen LogP contribution < -0.4 is 5.56 Å². The zero-order valence-corrected chi connectivity index (χ0v) is 11.2. The van der Waals surface area contributed by atoms with E-state index < -0.39 is 0 Å². The molecule has 1 aliphatic heterocycles. The molecule has 1 unspecified atom stereocenters. The van der Waals surface area contributed by atoms with Crippen LogP contribution in [0.3, 0.4) is 0 Å². The molecule has 0 spiro atoms. The number of aromatic amines is 1. The molecule has 19 heavy (non-hydrogen) atoms. The van der Waals surface area contributed by atoms with Crippen molar-refractivity contribution in [1.29, 1.82) is 0 Å². The van der Waals surface area contributed by atoms with E-state index in [2.05, 4.69) is 4.98 Å². The highest BCUT2D eigenvalue weighted by atomic mass is 16.3. The number of H-pyrrole nitrogens is 1. The van der Waals surface area contributed by atoms with Gasteiger partial charge in [-0.05, 0) is 44.2 Å². The van der Waals surface area contributed by atoms with Gasteiger partial charge < -0.3 is 15.0 Å². The maximum Gasteiger partial charge on any atom is 0.260 e. The molecule has 1 aromatic rings. The van der Waals surface area contributed by atoms with Gasteiger partial charge in [-0.15, -0.1) is 0 Å². The Morgan fingerprint density at radius 1 is 1.42 bits per heavy atom. The number of aliphatic hydroxyl groups is 1. The minimum atomic E-state index is -0.326. The van der Waals surface area contributed by atoms with Gasteiger partial charge in [-0.25, -0.2) is 0 Å². The van der Waals surface area contributed by atoms with E-state index in [-0.39, 0.29) is 29.6 Å². The Hall–Kier alpha value is -1.62. The summed E-state index contributed by atoms with van der Waals surface area (Å²) in [6.07, 6.45) is 2.61. The quantitative estimate of drug-likeness (QED) is 0.834. The van der Waals surface area contributed by atoms with Crippen LogP contribution in [0.5, 0.6) is 0 Å². The highest BCUT2D eigenvalue weighted by Gasteiger charge is 2.22. The Morgan fingerprint density at radius 2 is 2.21 bits per heavy atom. The second-order valence-electron chi connectivity index (χ2n) is 5.16. The molecule has 0 aliphatic carbocycles. The summed E-state index contributed by atoms with van der Waals surface area (Å²) >= 11 is 0. The molecule has 1 fully saturated rings. The summed E-state index contributed by atoms with van der Waals surface area (Å²) in [4.78, 5) is 28.5. The van der Waals surface area contributed by atoms with Crippen LogP contribution in [0.15, 0.2) is 16.9 Å². The SMILES string of the molecule is Cc1ccc(C(=O)N2CCCC(CO)CC2)c(=O)[nH]1. The predicted molar refractivity (Wildman–Crippen MR) is 72.1 cm³/mol. The number of pyridine rings is 1. The van der Waals surface area contributed by atoms with E-state index in [0.717, 1.165) is 25.0 Å². The number of aromatic nitrogens is 1. The Morgan fingerprint density at radius 3 is 2.89 bits per heavy atom. The summed E-state index contributed by atoms with van der Waals surface area (Å²) in [6, 6.07) is 3.33. The Labute approximate surface area is 112 Å². The van der Waals surface area contributed by atoms with Gasteiger partial charge >= 0.3 is 0 Å². The van der Waals surface area contributed by atoms with Crippen molar-refractivity contribution in [3.63, 3.8) is 0 Å². The number of aryl methyl sites for hydroxylation is 1. The number of aliphatic hydroxyl groups excluding tert-OH is 1. The van der Waals surface area contributed by atoms with E-state index in [1.165, 1.54) is 0 Å². The van der Waals surface area contributed by atoms with Gasteiger partial charge in [-0.3, -0.25) is 9.59 Å². The lowest BCUT2D eigenvalue weighted by Crippen LogP contribution is -2.35. The third-order valence-electron chi connectivity index (χ3n) is 3.68. The first-order valence-electron chi connectivity index (χ1n) is 6.72. The number of rotatable bonds is 2. The predicted octanol–water partition coefficient (Wildman–Crippen LogP) is 0.918. The van der Waals surface area contributed by atoms with E-state index in [1.54, 1.807) is 24.0 Å². The highest BCUT2D eigenvalue weighted by molar-refractivity contribution is 5.93. The third-order valence-corrected chi connectivity index (χ3v) is 3.68. The average molecular weight is 264 g/mol. The fourth-order valence-corrected chi connectivity index (χ4v) is 2.46. The summed E-state index contributed by atoms with van der Waals surface area (Å²) in [6.45, 7) is 3.22. The summed E-state index contributed by atoms with van der Waals surface area (Å²) in [5.74, 6) is 0.0638. The maximum atomic E-state index is 12.3. The summed E-state index contributed by atoms with van der Waals surface area (Å²) in [5.41, 5.74) is 0.624. The fraction of sp³-hybridized carbons (Fsp3) is 0.571. The average Bonchev–Trinajstić information content (AvgIpc) is 2.63. The fourth-order valence-electron chi connectivity index (χ4n) is 2.46. The van der Waals surface area contributed by atoms with Crippen molar-refractivity contribution in [3.8, 4) is 0 Å². The van der Waals surface area contributed by atoms with E-state index in [9.17, 15) is 14.7 Å². The van der Waals surface area contributed by atoms with Crippen molar-refractivity contribution in [2.24, 2.45) is 5.92 Å². The van der Waals surface area contributed by atoms with Crippen LogP contribution in [0.4, 0.5) is 0 Å². The standard InChI is InChI=1S/C14H20N2O3/c1-10-4-5-12(13(18)15-10)14(19)16-7-2-3-11(9-17)6-8-16/h4-5,11,17H,2-3,6-9H2,1H3,(H,15,18). The molecule has 2 rings (SSSR count). The van der Waals surface area contributed by atoms with E-state index in [0.29, 0.717) is 13.1 Å². The molecule has 0 bridgehead atoms. The third kappa shape index (κ3) is 3.23. The number of hydrogen-bond acceptors (Lipinski definition) is 3. The van der Waals surface area contributed by atoms with Gasteiger partial charge in [-0.1, -0.05) is 0 Å². The van der Waals surface area contributed by atoms with Crippen molar-refractivity contribution in [3.05, 3.63) is 33.7 Å². The van der Waals surface area contributed by atoms with Crippen LogP contribution in [0.1, 0.15) is 35.3 Å². The lowest BCUT2D eigenvalue weighted by molar-refractivity contribution is 0.0756. The number of nitrogens with one attached hydrogen (secondary N) is 1. The summed E-state index contributed by atoms with van der Waals surface area (Å²) < 4.78 is 0. The summed E-state index contributed by atoms with van der Waals surface area (Å²) in [5, 5.41) is 9.17. The van der Waals surface area contributed by atoms with Crippen LogP contribution in [0, 0.1) is 12.8 Å². The molecule has 1 aromatic heterocycles. The number of hydrogen-bond donors (Lipinski definition) is 2. The highest BCUT2D eigenvalue weighted by Crippen LogP contribution is 2.17. The van der Waals surface area contributed by atoms with Crippen LogP contribution >= 0.6 is 0 Å². The molecule has 0 saturated carbocycles. The molecule has 0 aromatic carbocycles. The minimum absolute atomic E-state index is 0.174. The number of amides is 1. The maximum absolute atomic E-state index is 12.3. The molecule has 104 valence electrons. The van der Waals surface area contributed by atoms with Crippen LogP contribution in [-0.4, -0.2) is 40.6 Å². The first-order chi connectivity index (χ1) is 9.11. The normalized spacial score (nSPS) is 20.1. The molecule has 1 atom stereocenters. The van der Waals surface area contributed by atoms with Crippen molar-refractivity contribution >= 4 is 5.91 Å². The monoisotopic (exact) mass is 264 g/mol. The molecular weight excluding hydrogens is 244 g/mol. The first kappa shape index (κ1) is 13.8. The van der Waals surface area contributed by atoms with E-state index in [4.69, 9.17) is 0 Å². The van der Waals surface area contributed by atoms with Gasteiger partial charge in [0, 0.05) is 25.4 Å². The number of nitrogens with zero attached hydrogens (tertiary/aromatic N) is 1. The van der Waals surface area contributed by atoms with Gasteiger partial charge in [0.2, 0.25) is 0 Å². The largest absolute Gasteiger partial charge is 0.396 e. The Bertz CT molecular complexity index is 510. The van der Waals surface area contributed by atoms with Crippen LogP contribution in [0.2, 0.25) is 0 Å². The van der Waals surface area contributed by atoms with Crippen molar-refractivity contribution in [2.75, 3.05) is 19.7 Å². The zero-order chi connectivity index (χ0) is 13.8. The van der Waals surface area contributed by atoms with Gasteiger partial charge in [0.1, 0.15) is 5.56 Å². The number of likely N-dealkylation sites (tertiary alicyclic amines) is 1. The second kappa shape index (κ2) is 6.02. The van der Waals surface area contributed by atoms with Crippen molar-refractivity contribution in [1.82, 2.24) is 9.88 Å². The molecule has 5 heteroatoms. The topological polar surface area (TPSA) is 73.4 Å². The van der Waals surface area contributed by atoms with Crippen LogP contribution in [-0.2, 0) is 0 Å². The molecule has 2 N–H and O–H groups in total. The molecule has 2 heterocycles. The second-order valence-corrected chi connectivity index (χ2v) is 5.16. The summed E-state index contributed by atoms with van der Waals surface area (Å²) in [7, 11) is 0. The van der Waals surface area contributed by atoms with Gasteiger partial charge in [-0.2, -0.15) is 0 Å². The molecule has 0 radical (unpaired) electrons. The van der Waals surface area contributed by atoms with Crippen molar-refractivity contribution < 1.29 is 9.90 Å². The van der Waals surface area contributed by atoms with E-state index in [1.807, 2.05) is 0 Å². The van der Waals surface area contributed by atoms with Gasteiger partial charge in [0.15, 0.2) is 0 Å². The smallest absolute Gasteiger partial charge is 0.260 e. The van der Waals surface area contributed by atoms with Gasteiger partial charge in [0.25, 0.3) is 11.5 Å². The van der Waals surface area contributed by atoms with Crippen molar-refractivity contribution in [2.45, 2.75) is 26.2 Å². The lowest BCUT2D eigenvalue weighted by atomic mass is 10.0. The number of carbonyl (C=O) groups is 1. The Balaban J connectivity index is 2.13. The molecule has 1 saturated heterocycles. The van der Waals surface area contributed by atoms with E-state index >= 15 is 0 Å².